The Morgan fingerprint density at radius 1 is 1.54 bits per heavy atom. The number of benzene rings is 1. The first-order valence-corrected chi connectivity index (χ1v) is 4.43. The zero-order chi connectivity index (χ0) is 10.0. The second-order valence-electron chi connectivity index (χ2n) is 2.61. The Bertz CT molecular complexity index is 324. The van der Waals surface area contributed by atoms with Crippen molar-refractivity contribution in [3.63, 3.8) is 0 Å². The van der Waals surface area contributed by atoms with Crippen LogP contribution in [0.1, 0.15) is 15.9 Å². The van der Waals surface area contributed by atoms with E-state index in [1.54, 1.807) is 13.0 Å². The third-order valence-corrected chi connectivity index (χ3v) is 2.13. The van der Waals surface area contributed by atoms with Gasteiger partial charge in [-0.25, -0.2) is 4.79 Å². The average molecular weight is 245 g/mol. The largest absolute Gasteiger partial charge is 0.507 e. The molecule has 4 heteroatoms. The summed E-state index contributed by atoms with van der Waals surface area (Å²) in [5, 5.41) is 9.44. The van der Waals surface area contributed by atoms with E-state index in [-0.39, 0.29) is 11.3 Å². The van der Waals surface area contributed by atoms with Gasteiger partial charge in [-0.2, -0.15) is 0 Å². The van der Waals surface area contributed by atoms with Gasteiger partial charge in [0.2, 0.25) is 0 Å². The summed E-state index contributed by atoms with van der Waals surface area (Å²) in [5.41, 5.74) is 0.893. The summed E-state index contributed by atoms with van der Waals surface area (Å²) in [4.78, 5) is 11.2. The van der Waals surface area contributed by atoms with Crippen LogP contribution in [0.15, 0.2) is 16.6 Å². The molecule has 1 aromatic carbocycles. The maximum atomic E-state index is 11.2. The van der Waals surface area contributed by atoms with Crippen LogP contribution < -0.4 is 0 Å². The summed E-state index contributed by atoms with van der Waals surface area (Å²) in [7, 11) is 1.28. The lowest BCUT2D eigenvalue weighted by Gasteiger charge is -2.06. The smallest absolute Gasteiger partial charge is 0.341 e. The number of esters is 1. The van der Waals surface area contributed by atoms with Crippen LogP contribution >= 0.6 is 15.9 Å². The molecule has 0 spiro atoms. The first-order chi connectivity index (χ1) is 6.06. The summed E-state index contributed by atoms with van der Waals surface area (Å²) in [6, 6.07) is 3.20. The van der Waals surface area contributed by atoms with Gasteiger partial charge in [0.25, 0.3) is 0 Å². The van der Waals surface area contributed by atoms with Crippen molar-refractivity contribution >= 4 is 21.9 Å². The normalized spacial score (nSPS) is 9.77. The summed E-state index contributed by atoms with van der Waals surface area (Å²) in [5.74, 6) is -0.596. The number of hydrogen-bond acceptors (Lipinski definition) is 3. The molecule has 0 saturated carbocycles. The number of halogens is 1. The molecular weight excluding hydrogens is 236 g/mol. The van der Waals surface area contributed by atoms with Crippen LogP contribution in [0.4, 0.5) is 0 Å². The second-order valence-corrected chi connectivity index (χ2v) is 3.52. The highest BCUT2D eigenvalue weighted by molar-refractivity contribution is 9.10. The summed E-state index contributed by atoms with van der Waals surface area (Å²) in [6.45, 7) is 1.73. The van der Waals surface area contributed by atoms with Crippen molar-refractivity contribution in [1.29, 1.82) is 0 Å². The quantitative estimate of drug-likeness (QED) is 0.772. The van der Waals surface area contributed by atoms with Crippen molar-refractivity contribution in [3.8, 4) is 5.75 Å². The predicted molar refractivity (Wildman–Crippen MR) is 51.9 cm³/mol. The number of rotatable bonds is 1. The minimum atomic E-state index is -0.525. The van der Waals surface area contributed by atoms with Crippen molar-refractivity contribution in [1.82, 2.24) is 0 Å². The first kappa shape index (κ1) is 10.1. The zero-order valence-corrected chi connectivity index (χ0v) is 8.88. The third-order valence-electron chi connectivity index (χ3n) is 1.67. The number of aryl methyl sites for hydroxylation is 1. The Hall–Kier alpha value is -1.03. The number of ether oxygens (including phenoxy) is 1. The van der Waals surface area contributed by atoms with Crippen molar-refractivity contribution < 1.29 is 14.6 Å². The molecule has 1 rings (SSSR count). The van der Waals surface area contributed by atoms with Crippen LogP contribution in [0.25, 0.3) is 0 Å². The van der Waals surface area contributed by atoms with Crippen LogP contribution in [-0.4, -0.2) is 18.2 Å². The van der Waals surface area contributed by atoms with E-state index in [1.165, 1.54) is 13.2 Å². The Labute approximate surface area is 84.5 Å². The molecule has 3 nitrogen and oxygen atoms in total. The van der Waals surface area contributed by atoms with Crippen molar-refractivity contribution in [3.05, 3.63) is 27.7 Å². The van der Waals surface area contributed by atoms with Gasteiger partial charge in [0.05, 0.1) is 7.11 Å². The molecule has 70 valence electrons. The topological polar surface area (TPSA) is 46.5 Å². The highest BCUT2D eigenvalue weighted by Gasteiger charge is 2.14. The SMILES string of the molecule is COC(=O)c1c(C)cc(Br)cc1O. The number of carbonyl (C=O) groups excluding carboxylic acids is 1. The van der Waals surface area contributed by atoms with E-state index in [2.05, 4.69) is 20.7 Å². The van der Waals surface area contributed by atoms with E-state index < -0.39 is 5.97 Å². The number of hydrogen-bond donors (Lipinski definition) is 1. The fourth-order valence-electron chi connectivity index (χ4n) is 1.09. The third kappa shape index (κ3) is 2.01. The van der Waals surface area contributed by atoms with Crippen LogP contribution in [0, 0.1) is 6.92 Å². The summed E-state index contributed by atoms with van der Waals surface area (Å²) >= 11 is 3.21. The highest BCUT2D eigenvalue weighted by Crippen LogP contribution is 2.26. The van der Waals surface area contributed by atoms with Gasteiger partial charge in [-0.15, -0.1) is 0 Å². The van der Waals surface area contributed by atoms with Gasteiger partial charge in [-0.3, -0.25) is 0 Å². The molecular formula is C9H9BrO3. The van der Waals surface area contributed by atoms with Gasteiger partial charge in [0.1, 0.15) is 11.3 Å². The molecule has 1 N–H and O–H groups in total. The first-order valence-electron chi connectivity index (χ1n) is 3.63. The van der Waals surface area contributed by atoms with Gasteiger partial charge in [-0.05, 0) is 24.6 Å². The molecule has 13 heavy (non-hydrogen) atoms. The molecule has 0 heterocycles. The Morgan fingerprint density at radius 2 is 2.15 bits per heavy atom. The molecule has 0 bridgehead atoms. The molecule has 1 aromatic rings. The summed E-state index contributed by atoms with van der Waals surface area (Å²) in [6.07, 6.45) is 0. The molecule has 0 radical (unpaired) electrons. The van der Waals surface area contributed by atoms with Gasteiger partial charge in [-0.1, -0.05) is 15.9 Å². The lowest BCUT2D eigenvalue weighted by Crippen LogP contribution is -2.04. The van der Waals surface area contributed by atoms with Gasteiger partial charge >= 0.3 is 5.97 Å². The molecule has 0 unspecified atom stereocenters. The van der Waals surface area contributed by atoms with Crippen LogP contribution in [0.5, 0.6) is 5.75 Å². The van der Waals surface area contributed by atoms with Crippen molar-refractivity contribution in [2.45, 2.75) is 6.92 Å². The number of carbonyl (C=O) groups is 1. The van der Waals surface area contributed by atoms with E-state index in [0.717, 1.165) is 4.47 Å². The number of phenolic OH excluding ortho intramolecular Hbond substituents is 1. The molecule has 0 aliphatic rings. The molecule has 0 fully saturated rings. The van der Waals surface area contributed by atoms with Gasteiger partial charge in [0, 0.05) is 4.47 Å². The van der Waals surface area contributed by atoms with E-state index >= 15 is 0 Å². The summed E-state index contributed by atoms with van der Waals surface area (Å²) < 4.78 is 5.26. The van der Waals surface area contributed by atoms with E-state index in [9.17, 15) is 9.90 Å². The molecule has 0 atom stereocenters. The van der Waals surface area contributed by atoms with Crippen molar-refractivity contribution in [2.75, 3.05) is 7.11 Å². The monoisotopic (exact) mass is 244 g/mol. The maximum Gasteiger partial charge on any atom is 0.341 e. The van der Waals surface area contributed by atoms with Crippen LogP contribution in [0.2, 0.25) is 0 Å². The number of methoxy groups -OCH3 is 1. The molecule has 0 aliphatic carbocycles. The Balaban J connectivity index is 3.28. The van der Waals surface area contributed by atoms with Crippen LogP contribution in [-0.2, 0) is 4.74 Å². The minimum Gasteiger partial charge on any atom is -0.507 e. The number of phenols is 1. The number of aromatic hydroxyl groups is 1. The second kappa shape index (κ2) is 3.79. The molecule has 0 aromatic heterocycles. The predicted octanol–water partition coefficient (Wildman–Crippen LogP) is 2.25. The lowest BCUT2D eigenvalue weighted by atomic mass is 10.1. The van der Waals surface area contributed by atoms with E-state index in [4.69, 9.17) is 0 Å². The molecule has 0 saturated heterocycles. The zero-order valence-electron chi connectivity index (χ0n) is 7.30. The van der Waals surface area contributed by atoms with Gasteiger partial charge in [0.15, 0.2) is 0 Å². The minimum absolute atomic E-state index is 0.0706. The fourth-order valence-corrected chi connectivity index (χ4v) is 1.65. The maximum absolute atomic E-state index is 11.2. The fraction of sp³-hybridized carbons (Fsp3) is 0.222. The Morgan fingerprint density at radius 3 is 2.62 bits per heavy atom. The molecule has 0 amide bonds. The Kier molecular flexibility index (Phi) is 2.93. The highest BCUT2D eigenvalue weighted by atomic mass is 79.9. The van der Waals surface area contributed by atoms with Crippen LogP contribution in [0.3, 0.4) is 0 Å². The van der Waals surface area contributed by atoms with E-state index in [0.29, 0.717) is 5.56 Å². The van der Waals surface area contributed by atoms with E-state index in [1.807, 2.05) is 0 Å². The standard InChI is InChI=1S/C9H9BrO3/c1-5-3-6(10)4-7(11)8(5)9(12)13-2/h3-4,11H,1-2H3. The molecule has 0 aliphatic heterocycles. The van der Waals surface area contributed by atoms with Gasteiger partial charge < -0.3 is 9.84 Å². The van der Waals surface area contributed by atoms with Crippen molar-refractivity contribution in [2.24, 2.45) is 0 Å². The average Bonchev–Trinajstić information content (AvgIpc) is 2.02. The lowest BCUT2D eigenvalue weighted by molar-refractivity contribution is 0.0596.